The molecule has 2 heterocycles. The second-order valence-corrected chi connectivity index (χ2v) is 22.3. The number of benzene rings is 5. The summed E-state index contributed by atoms with van der Waals surface area (Å²) in [6, 6.07) is 33.4. The van der Waals surface area contributed by atoms with Gasteiger partial charge in [-0.25, -0.2) is 21.8 Å². The number of aromatic nitrogens is 3. The molecule has 18 heteroatoms. The van der Waals surface area contributed by atoms with Crippen LogP contribution in [0, 0.1) is 19.8 Å². The lowest BCUT2D eigenvalue weighted by molar-refractivity contribution is 0.257. The van der Waals surface area contributed by atoms with Gasteiger partial charge < -0.3 is 29.5 Å². The number of imidazole rings is 1. The molecule has 14 nitrogen and oxygen atoms in total. The van der Waals surface area contributed by atoms with E-state index in [2.05, 4.69) is 43.9 Å². The van der Waals surface area contributed by atoms with E-state index in [1.54, 1.807) is 79.7 Å². The van der Waals surface area contributed by atoms with Crippen LogP contribution < -0.4 is 29.6 Å². The number of rotatable bonds is 16. The zero-order valence-corrected chi connectivity index (χ0v) is 43.6. The van der Waals surface area contributed by atoms with Crippen LogP contribution >= 0.6 is 23.2 Å². The van der Waals surface area contributed by atoms with Gasteiger partial charge in [-0.15, -0.1) is 0 Å². The van der Waals surface area contributed by atoms with Crippen LogP contribution in [0.1, 0.15) is 76.8 Å². The van der Waals surface area contributed by atoms with Crippen LogP contribution in [0.5, 0.6) is 11.5 Å². The van der Waals surface area contributed by atoms with E-state index >= 15 is 0 Å². The van der Waals surface area contributed by atoms with Gasteiger partial charge in [-0.05, 0) is 127 Å². The Morgan fingerprint density at radius 2 is 1.17 bits per heavy atom. The molecule has 0 amide bonds. The molecule has 1 fully saturated rings. The van der Waals surface area contributed by atoms with Crippen molar-refractivity contribution in [3.63, 3.8) is 0 Å². The van der Waals surface area contributed by atoms with Crippen LogP contribution in [0.4, 0.5) is 23.3 Å². The Morgan fingerprint density at radius 1 is 0.657 bits per heavy atom. The number of hydrogen-bond donors (Lipinski definition) is 5. The van der Waals surface area contributed by atoms with Crippen LogP contribution in [-0.4, -0.2) is 51.5 Å². The highest BCUT2D eigenvalue weighted by Crippen LogP contribution is 2.38. The van der Waals surface area contributed by atoms with Gasteiger partial charge in [-0.3, -0.25) is 9.44 Å². The van der Waals surface area contributed by atoms with Gasteiger partial charge >= 0.3 is 0 Å². The van der Waals surface area contributed by atoms with Gasteiger partial charge in [-0.2, -0.15) is 4.98 Å². The smallest absolute Gasteiger partial charge is 0.296 e. The molecule has 0 radical (unpaired) electrons. The maximum Gasteiger partial charge on any atom is 0.296 e. The predicted octanol–water partition coefficient (Wildman–Crippen LogP) is 13.1. The first kappa shape index (κ1) is 51.6. The van der Waals surface area contributed by atoms with Gasteiger partial charge in [0, 0.05) is 22.4 Å². The molecule has 370 valence electrons. The number of aromatic amines is 1. The zero-order valence-electron chi connectivity index (χ0n) is 40.4. The van der Waals surface area contributed by atoms with Crippen molar-refractivity contribution in [2.45, 2.75) is 94.5 Å². The summed E-state index contributed by atoms with van der Waals surface area (Å²) >= 11 is 12.3. The van der Waals surface area contributed by atoms with E-state index in [0.29, 0.717) is 56.9 Å². The summed E-state index contributed by atoms with van der Waals surface area (Å²) in [5, 5.41) is 7.51. The second-order valence-electron chi connectivity index (χ2n) is 18.2. The van der Waals surface area contributed by atoms with E-state index in [4.69, 9.17) is 42.1 Å². The Kier molecular flexibility index (Phi) is 15.8. The molecule has 0 spiro atoms. The number of oxazole rings is 1. The number of halogens is 2. The van der Waals surface area contributed by atoms with E-state index in [-0.39, 0.29) is 37.5 Å². The molecular formula is C52H59Cl2N7O7S2. The minimum Gasteiger partial charge on any atom is -0.495 e. The number of nitrogens with zero attached hydrogens (tertiary/aromatic N) is 2. The van der Waals surface area contributed by atoms with Gasteiger partial charge in [-0.1, -0.05) is 97.1 Å². The summed E-state index contributed by atoms with van der Waals surface area (Å²) in [7, 11) is -5.13. The van der Waals surface area contributed by atoms with Gasteiger partial charge in [0.2, 0.25) is 5.95 Å². The number of H-pyrrole nitrogens is 1. The first-order valence-electron chi connectivity index (χ1n) is 22.8. The van der Waals surface area contributed by atoms with Crippen LogP contribution in [0.25, 0.3) is 22.6 Å². The van der Waals surface area contributed by atoms with Gasteiger partial charge in [0.05, 0.1) is 52.6 Å². The van der Waals surface area contributed by atoms with Crippen molar-refractivity contribution in [3.8, 4) is 34.1 Å². The fourth-order valence-corrected chi connectivity index (χ4v) is 11.5. The molecule has 1 saturated carbocycles. The van der Waals surface area contributed by atoms with Crippen LogP contribution in [0.2, 0.25) is 10.0 Å². The average Bonchev–Trinajstić information content (AvgIpc) is 3.89. The predicted molar refractivity (Wildman–Crippen MR) is 280 cm³/mol. The largest absolute Gasteiger partial charge is 0.495 e. The Labute approximate surface area is 421 Å². The summed E-state index contributed by atoms with van der Waals surface area (Å²) in [4.78, 5) is 12.6. The first-order valence-corrected chi connectivity index (χ1v) is 26.5. The number of ether oxygens (including phenoxy) is 2. The molecule has 8 rings (SSSR count). The van der Waals surface area contributed by atoms with E-state index in [0.717, 1.165) is 11.3 Å². The molecule has 7 aromatic rings. The number of sulfonamides is 2. The summed E-state index contributed by atoms with van der Waals surface area (Å²) in [6.07, 6.45) is 6.27. The summed E-state index contributed by atoms with van der Waals surface area (Å²) in [5.74, 6) is 2.14. The molecule has 0 aliphatic heterocycles. The molecule has 2 aromatic heterocycles. The highest BCUT2D eigenvalue weighted by molar-refractivity contribution is 7.93. The Hall–Kier alpha value is -6.20. The van der Waals surface area contributed by atoms with Gasteiger partial charge in [0.1, 0.15) is 21.3 Å². The topological polar surface area (TPSA) is 190 Å². The normalized spacial score (nSPS) is 13.5. The van der Waals surface area contributed by atoms with Crippen molar-refractivity contribution in [2.75, 3.05) is 34.3 Å². The minimum absolute atomic E-state index is 0.0110. The minimum atomic E-state index is -4.02. The lowest BCUT2D eigenvalue weighted by atomic mass is 9.77. The number of methoxy groups -OCH3 is 2. The van der Waals surface area contributed by atoms with E-state index in [9.17, 15) is 16.8 Å². The van der Waals surface area contributed by atoms with Crippen molar-refractivity contribution in [2.24, 2.45) is 5.92 Å². The molecule has 5 N–H and O–H groups in total. The van der Waals surface area contributed by atoms with Crippen LogP contribution in [-0.2, 0) is 25.6 Å². The van der Waals surface area contributed by atoms with Crippen LogP contribution in [0.3, 0.4) is 0 Å². The SMILES string of the molecule is COc1ccc(-c2nc(NC(C)(C)C3CCCCC3)[nH]c2C)cc1S(=O)(=O)Nc1ccccc1Cl.COc1ccc(-c2oc(NC(C)(C)c3ccccc3)nc2C)cc1S(=O)(=O)Nc1ccccc1Cl. The standard InChI is InChI=1S/C26H33ClN4O3S.C26H26ClN3O4S/c1-17-24(29-25(28-17)30-26(2,3)19-10-6-5-7-11-19)18-14-15-22(34-4)23(16-18)35(32,33)31-21-13-9-8-12-20(21)27;1-17-24(34-25(28-17)29-26(2,3)19-10-6-5-7-11-19)18-14-15-22(33-4)23(16-18)35(31,32)30-21-13-9-8-12-20(21)27/h8-9,12-16,19,31H,5-7,10-11H2,1-4H3,(H2,28,29,30);5-16,30H,1-4H3,(H,28,29). The van der Waals surface area contributed by atoms with Gasteiger partial charge in [0.15, 0.2) is 5.76 Å². The molecule has 5 aromatic carbocycles. The summed E-state index contributed by atoms with van der Waals surface area (Å²) < 4.78 is 74.9. The molecule has 1 aliphatic carbocycles. The van der Waals surface area contributed by atoms with Crippen LogP contribution in [0.15, 0.2) is 129 Å². The zero-order chi connectivity index (χ0) is 50.4. The Balaban J connectivity index is 0.000000206. The van der Waals surface area contributed by atoms with E-state index in [1.165, 1.54) is 52.4 Å². The summed E-state index contributed by atoms with van der Waals surface area (Å²) in [6.45, 7) is 12.2. The molecule has 1 aliphatic rings. The number of aryl methyl sites for hydroxylation is 2. The van der Waals surface area contributed by atoms with E-state index in [1.807, 2.05) is 57.2 Å². The molecule has 70 heavy (non-hydrogen) atoms. The lowest BCUT2D eigenvalue weighted by Gasteiger charge is -2.37. The number of para-hydroxylation sites is 2. The van der Waals surface area contributed by atoms with Crippen molar-refractivity contribution in [1.82, 2.24) is 15.0 Å². The monoisotopic (exact) mass is 1030 g/mol. The van der Waals surface area contributed by atoms with Crippen molar-refractivity contribution >= 4 is 66.6 Å². The molecule has 0 bridgehead atoms. The lowest BCUT2D eigenvalue weighted by Crippen LogP contribution is -2.41. The Bertz CT molecular complexity index is 3170. The Morgan fingerprint density at radius 3 is 1.71 bits per heavy atom. The second kappa shape index (κ2) is 21.4. The number of nitrogens with one attached hydrogen (secondary N) is 5. The third kappa shape index (κ3) is 12.0. The van der Waals surface area contributed by atoms with Crippen molar-refractivity contribution in [3.05, 3.63) is 142 Å². The fourth-order valence-electron chi connectivity index (χ4n) is 8.49. The highest BCUT2D eigenvalue weighted by atomic mass is 35.5. The van der Waals surface area contributed by atoms with Gasteiger partial charge in [0.25, 0.3) is 26.1 Å². The summed E-state index contributed by atoms with van der Waals surface area (Å²) in [5.41, 5.74) is 4.45. The molecule has 0 atom stereocenters. The molecule has 0 unspecified atom stereocenters. The number of anilines is 4. The number of hydrogen-bond acceptors (Lipinski definition) is 11. The maximum absolute atomic E-state index is 13.3. The average molecular weight is 1030 g/mol. The molecular weight excluding hydrogens is 970 g/mol. The van der Waals surface area contributed by atoms with Crippen molar-refractivity contribution < 1.29 is 30.7 Å². The quantitative estimate of drug-likeness (QED) is 0.0619. The fraction of sp³-hybridized carbons (Fsp3) is 0.308. The third-order valence-corrected chi connectivity index (χ3v) is 15.8. The highest BCUT2D eigenvalue weighted by Gasteiger charge is 2.32. The first-order chi connectivity index (χ1) is 33.2. The van der Waals surface area contributed by atoms with E-state index < -0.39 is 25.6 Å². The van der Waals surface area contributed by atoms with Crippen molar-refractivity contribution in [1.29, 1.82) is 0 Å². The maximum atomic E-state index is 13.3. The third-order valence-electron chi connectivity index (χ3n) is 12.3. The molecule has 0 saturated heterocycles.